The normalized spacial score (nSPS) is 12.1. The maximum atomic E-state index is 13.3. The third-order valence-corrected chi connectivity index (χ3v) is 5.75. The monoisotopic (exact) mass is 531 g/mol. The molecule has 0 radical (unpaired) electrons. The van der Waals surface area contributed by atoms with Crippen molar-refractivity contribution in [3.63, 3.8) is 0 Å². The van der Waals surface area contributed by atoms with Gasteiger partial charge in [-0.2, -0.15) is 9.78 Å². The molecule has 0 amide bonds. The fourth-order valence-electron chi connectivity index (χ4n) is 3.21. The van der Waals surface area contributed by atoms with Crippen LogP contribution in [0.2, 0.25) is 0 Å². The van der Waals surface area contributed by atoms with E-state index in [1.807, 2.05) is 26.0 Å². The molecule has 2 aromatic carbocycles. The van der Waals surface area contributed by atoms with Crippen LogP contribution < -0.4 is 19.8 Å². The van der Waals surface area contributed by atoms with Gasteiger partial charge in [0.15, 0.2) is 18.1 Å². The summed E-state index contributed by atoms with van der Waals surface area (Å²) < 4.78 is 23.1. The van der Waals surface area contributed by atoms with Crippen molar-refractivity contribution in [2.75, 3.05) is 27.9 Å². The number of ether oxygens (including phenoxy) is 4. The van der Waals surface area contributed by atoms with Crippen LogP contribution in [0, 0.1) is 0 Å². The first-order valence-electron chi connectivity index (χ1n) is 10.5. The van der Waals surface area contributed by atoms with Gasteiger partial charge in [0.05, 0.1) is 38.4 Å². The van der Waals surface area contributed by atoms with Gasteiger partial charge in [-0.1, -0.05) is 29.8 Å². The summed E-state index contributed by atoms with van der Waals surface area (Å²) in [4.78, 5) is 29.5. The first kappa shape index (κ1) is 25.2. The summed E-state index contributed by atoms with van der Waals surface area (Å²) in [5.74, 6) is 0.954. The summed E-state index contributed by atoms with van der Waals surface area (Å²) in [7, 11) is 4.21. The summed E-state index contributed by atoms with van der Waals surface area (Å²) in [6.07, 6.45) is 2.31. The first-order chi connectivity index (χ1) is 16.3. The van der Waals surface area contributed by atoms with Crippen LogP contribution >= 0.6 is 15.9 Å². The number of esters is 1. The third kappa shape index (κ3) is 5.39. The van der Waals surface area contributed by atoms with Crippen molar-refractivity contribution in [3.8, 4) is 17.2 Å². The smallest absolute Gasteiger partial charge is 0.343 e. The number of fused-ring (bicyclic) bond motifs is 1. The third-order valence-electron chi connectivity index (χ3n) is 5.25. The Morgan fingerprint density at radius 1 is 1.18 bits per heavy atom. The fraction of sp³-hybridized carbons (Fsp3) is 0.333. The Morgan fingerprint density at radius 2 is 1.85 bits per heavy atom. The molecule has 0 saturated heterocycles. The lowest BCUT2D eigenvalue weighted by molar-refractivity contribution is -0.142. The zero-order valence-corrected chi connectivity index (χ0v) is 21.2. The van der Waals surface area contributed by atoms with Crippen molar-refractivity contribution in [1.29, 1.82) is 0 Å². The molecule has 1 atom stereocenters. The molecule has 0 unspecified atom stereocenters. The van der Waals surface area contributed by atoms with Crippen molar-refractivity contribution >= 4 is 39.0 Å². The largest absolute Gasteiger partial charge is 0.493 e. The minimum absolute atomic E-state index is 0.0102. The maximum absolute atomic E-state index is 13.3. The van der Waals surface area contributed by atoms with Crippen molar-refractivity contribution < 1.29 is 23.7 Å². The quantitative estimate of drug-likeness (QED) is 0.302. The summed E-state index contributed by atoms with van der Waals surface area (Å²) in [5, 5.41) is 4.93. The van der Waals surface area contributed by atoms with E-state index in [2.05, 4.69) is 25.8 Å². The van der Waals surface area contributed by atoms with Crippen LogP contribution in [-0.2, 0) is 9.53 Å². The van der Waals surface area contributed by atoms with Crippen LogP contribution in [0.4, 0.5) is 0 Å². The second-order valence-corrected chi connectivity index (χ2v) is 8.34. The predicted octanol–water partition coefficient (Wildman–Crippen LogP) is 4.12. The van der Waals surface area contributed by atoms with Gasteiger partial charge in [0.25, 0.3) is 5.56 Å². The van der Waals surface area contributed by atoms with Crippen molar-refractivity contribution in [1.82, 2.24) is 9.66 Å². The van der Waals surface area contributed by atoms with Crippen LogP contribution in [-0.4, -0.2) is 49.8 Å². The number of carbonyl (C=O) groups excluding carboxylic acids is 1. The first-order valence-corrected chi connectivity index (χ1v) is 11.3. The Labute approximate surface area is 205 Å². The molecular formula is C24H26BrN3O6. The molecule has 1 aromatic heterocycles. The highest BCUT2D eigenvalue weighted by molar-refractivity contribution is 9.10. The minimum Gasteiger partial charge on any atom is -0.493 e. The number of methoxy groups -OCH3 is 3. The van der Waals surface area contributed by atoms with Crippen LogP contribution in [0.5, 0.6) is 17.2 Å². The molecule has 0 aliphatic rings. The van der Waals surface area contributed by atoms with E-state index in [9.17, 15) is 9.59 Å². The van der Waals surface area contributed by atoms with Crippen LogP contribution in [0.15, 0.2) is 44.7 Å². The minimum atomic E-state index is -0.540. The second-order valence-electron chi connectivity index (χ2n) is 7.42. The number of carbonyl (C=O) groups is 1. The van der Waals surface area contributed by atoms with Crippen LogP contribution in [0.1, 0.15) is 37.6 Å². The highest BCUT2D eigenvalue weighted by atomic mass is 79.9. The molecule has 34 heavy (non-hydrogen) atoms. The van der Waals surface area contributed by atoms with E-state index in [-0.39, 0.29) is 23.8 Å². The van der Waals surface area contributed by atoms with E-state index in [1.165, 1.54) is 32.2 Å². The SMILES string of the molecule is CC[C@@H](C)c1nc2ccc(Br)cc2c(=O)n1N=Cc1cc(OC)c(OCC(=O)OC)c(OC)c1. The van der Waals surface area contributed by atoms with Gasteiger partial charge in [0.2, 0.25) is 5.75 Å². The van der Waals surface area contributed by atoms with Gasteiger partial charge >= 0.3 is 5.97 Å². The molecule has 180 valence electrons. The number of hydrogen-bond acceptors (Lipinski definition) is 8. The molecule has 3 aromatic rings. The number of nitrogens with zero attached hydrogens (tertiary/aromatic N) is 3. The Hall–Kier alpha value is -3.40. The van der Waals surface area contributed by atoms with Crippen molar-refractivity contribution in [2.24, 2.45) is 5.10 Å². The summed E-state index contributed by atoms with van der Waals surface area (Å²) in [6, 6.07) is 8.72. The lowest BCUT2D eigenvalue weighted by Gasteiger charge is -2.15. The van der Waals surface area contributed by atoms with Gasteiger partial charge in [-0.3, -0.25) is 4.79 Å². The summed E-state index contributed by atoms with van der Waals surface area (Å²) in [5.41, 5.74) is 0.940. The molecule has 0 spiro atoms. The predicted molar refractivity (Wildman–Crippen MR) is 132 cm³/mol. The molecule has 0 fully saturated rings. The van der Waals surface area contributed by atoms with Gasteiger partial charge in [-0.15, -0.1) is 0 Å². The van der Waals surface area contributed by atoms with Gasteiger partial charge in [0, 0.05) is 16.0 Å². The van der Waals surface area contributed by atoms with Crippen LogP contribution in [0.25, 0.3) is 10.9 Å². The molecule has 0 aliphatic heterocycles. The van der Waals surface area contributed by atoms with E-state index in [0.29, 0.717) is 33.8 Å². The fourth-order valence-corrected chi connectivity index (χ4v) is 3.57. The Bertz CT molecular complexity index is 1260. The summed E-state index contributed by atoms with van der Waals surface area (Å²) in [6.45, 7) is 3.72. The zero-order valence-electron chi connectivity index (χ0n) is 19.6. The van der Waals surface area contributed by atoms with Crippen molar-refractivity contribution in [2.45, 2.75) is 26.2 Å². The van der Waals surface area contributed by atoms with E-state index < -0.39 is 5.97 Å². The second kappa shape index (κ2) is 11.1. The lowest BCUT2D eigenvalue weighted by Crippen LogP contribution is -2.23. The summed E-state index contributed by atoms with van der Waals surface area (Å²) >= 11 is 3.41. The number of rotatable bonds is 9. The maximum Gasteiger partial charge on any atom is 0.343 e. The molecular weight excluding hydrogens is 506 g/mol. The van der Waals surface area contributed by atoms with Gasteiger partial charge < -0.3 is 18.9 Å². The molecule has 9 nitrogen and oxygen atoms in total. The van der Waals surface area contributed by atoms with Gasteiger partial charge in [0.1, 0.15) is 5.82 Å². The standard InChI is InChI=1S/C24H26BrN3O6/c1-6-14(2)23-27-18-8-7-16(25)11-17(18)24(30)28(23)26-12-15-9-19(31-3)22(20(10-15)32-4)34-13-21(29)33-5/h7-12,14H,6,13H2,1-5H3/t14-/m1/s1. The molecule has 1 heterocycles. The van der Waals surface area contributed by atoms with Gasteiger partial charge in [-0.25, -0.2) is 9.78 Å². The topological polar surface area (TPSA) is 101 Å². The lowest BCUT2D eigenvalue weighted by atomic mass is 10.1. The molecule has 0 bridgehead atoms. The van der Waals surface area contributed by atoms with E-state index in [1.54, 1.807) is 18.2 Å². The van der Waals surface area contributed by atoms with Gasteiger partial charge in [-0.05, 0) is 36.8 Å². The van der Waals surface area contributed by atoms with E-state index >= 15 is 0 Å². The average molecular weight is 532 g/mol. The molecule has 3 rings (SSSR count). The number of hydrogen-bond donors (Lipinski definition) is 0. The Morgan fingerprint density at radius 3 is 2.44 bits per heavy atom. The van der Waals surface area contributed by atoms with Crippen molar-refractivity contribution in [3.05, 3.63) is 56.5 Å². The zero-order chi connectivity index (χ0) is 24.8. The van der Waals surface area contributed by atoms with E-state index in [0.717, 1.165) is 10.9 Å². The average Bonchev–Trinajstić information content (AvgIpc) is 2.85. The molecule has 0 N–H and O–H groups in total. The number of aromatic nitrogens is 2. The highest BCUT2D eigenvalue weighted by Crippen LogP contribution is 2.38. The number of halogens is 1. The molecule has 0 saturated carbocycles. The Balaban J connectivity index is 2.09. The highest BCUT2D eigenvalue weighted by Gasteiger charge is 2.17. The molecule has 10 heteroatoms. The van der Waals surface area contributed by atoms with Crippen LogP contribution in [0.3, 0.4) is 0 Å². The molecule has 0 aliphatic carbocycles. The van der Waals surface area contributed by atoms with E-state index in [4.69, 9.17) is 19.2 Å². The number of benzene rings is 2. The Kier molecular flexibility index (Phi) is 8.27.